The molecule has 1 N–H and O–H groups in total. The van der Waals surface area contributed by atoms with Gasteiger partial charge in [-0.3, -0.25) is 4.90 Å². The summed E-state index contributed by atoms with van der Waals surface area (Å²) in [6.07, 6.45) is 1.06. The first-order valence-electron chi connectivity index (χ1n) is 6.69. The van der Waals surface area contributed by atoms with Crippen LogP contribution in [0, 0.1) is 12.7 Å². The minimum absolute atomic E-state index is 0.288. The SMILES string of the molecule is Cc1cc(F)ccc1C(O)CN(C)Cc1ccc(Cl)nc1. The molecule has 1 atom stereocenters. The van der Waals surface area contributed by atoms with Crippen LogP contribution < -0.4 is 0 Å². The molecule has 0 amide bonds. The largest absolute Gasteiger partial charge is 0.387 e. The molecule has 3 nitrogen and oxygen atoms in total. The molecule has 2 aromatic rings. The molecule has 0 saturated heterocycles. The maximum Gasteiger partial charge on any atom is 0.129 e. The third kappa shape index (κ3) is 4.49. The van der Waals surface area contributed by atoms with Gasteiger partial charge in [0.05, 0.1) is 6.10 Å². The van der Waals surface area contributed by atoms with E-state index in [1.54, 1.807) is 25.3 Å². The number of rotatable bonds is 5. The number of aliphatic hydroxyl groups is 1. The fraction of sp³-hybridized carbons (Fsp3) is 0.312. The van der Waals surface area contributed by atoms with Crippen LogP contribution in [0.15, 0.2) is 36.5 Å². The van der Waals surface area contributed by atoms with E-state index in [9.17, 15) is 9.50 Å². The molecule has 0 bridgehead atoms. The number of hydrogen-bond acceptors (Lipinski definition) is 3. The second-order valence-corrected chi connectivity index (χ2v) is 5.59. The lowest BCUT2D eigenvalue weighted by atomic mass is 10.0. The van der Waals surface area contributed by atoms with Gasteiger partial charge in [-0.05, 0) is 48.9 Å². The van der Waals surface area contributed by atoms with Gasteiger partial charge in [0.25, 0.3) is 0 Å². The van der Waals surface area contributed by atoms with Crippen LogP contribution in [0.3, 0.4) is 0 Å². The summed E-state index contributed by atoms with van der Waals surface area (Å²) in [4.78, 5) is 6.01. The lowest BCUT2D eigenvalue weighted by Crippen LogP contribution is -2.24. The van der Waals surface area contributed by atoms with E-state index in [2.05, 4.69) is 4.98 Å². The number of benzene rings is 1. The minimum atomic E-state index is -0.657. The molecule has 0 fully saturated rings. The third-order valence-corrected chi connectivity index (χ3v) is 3.54. The fourth-order valence-corrected chi connectivity index (χ4v) is 2.39. The summed E-state index contributed by atoms with van der Waals surface area (Å²) in [7, 11) is 1.91. The van der Waals surface area contributed by atoms with Gasteiger partial charge in [0.15, 0.2) is 0 Å². The molecule has 1 unspecified atom stereocenters. The lowest BCUT2D eigenvalue weighted by molar-refractivity contribution is 0.123. The number of halogens is 2. The molecule has 0 aliphatic rings. The van der Waals surface area contributed by atoms with Crippen LogP contribution in [0.1, 0.15) is 22.8 Å². The Morgan fingerprint density at radius 2 is 2.10 bits per heavy atom. The number of pyridine rings is 1. The second-order valence-electron chi connectivity index (χ2n) is 5.20. The molecule has 112 valence electrons. The number of aryl methyl sites for hydroxylation is 1. The van der Waals surface area contributed by atoms with Gasteiger partial charge in [-0.15, -0.1) is 0 Å². The van der Waals surface area contributed by atoms with Crippen molar-refractivity contribution in [2.45, 2.75) is 19.6 Å². The summed E-state index contributed by atoms with van der Waals surface area (Å²) >= 11 is 5.75. The van der Waals surface area contributed by atoms with Crippen LogP contribution in [0.25, 0.3) is 0 Å². The number of aliphatic hydroxyl groups excluding tert-OH is 1. The van der Waals surface area contributed by atoms with E-state index < -0.39 is 6.10 Å². The summed E-state index contributed by atoms with van der Waals surface area (Å²) < 4.78 is 13.1. The Morgan fingerprint density at radius 3 is 2.71 bits per heavy atom. The van der Waals surface area contributed by atoms with E-state index in [1.165, 1.54) is 12.1 Å². The quantitative estimate of drug-likeness (QED) is 0.861. The molecule has 1 aromatic heterocycles. The summed E-state index contributed by atoms with van der Waals surface area (Å²) in [5.41, 5.74) is 2.52. The molecule has 1 heterocycles. The van der Waals surface area contributed by atoms with Crippen molar-refractivity contribution in [3.05, 3.63) is 64.2 Å². The zero-order chi connectivity index (χ0) is 15.4. The maximum atomic E-state index is 13.1. The monoisotopic (exact) mass is 308 g/mol. The highest BCUT2D eigenvalue weighted by Gasteiger charge is 2.13. The summed E-state index contributed by atoms with van der Waals surface area (Å²) in [5, 5.41) is 10.7. The average molecular weight is 309 g/mol. The second kappa shape index (κ2) is 6.98. The Balaban J connectivity index is 1.98. The summed E-state index contributed by atoms with van der Waals surface area (Å²) in [5.74, 6) is -0.288. The predicted molar refractivity (Wildman–Crippen MR) is 81.7 cm³/mol. The normalized spacial score (nSPS) is 12.7. The highest BCUT2D eigenvalue weighted by atomic mass is 35.5. The van der Waals surface area contributed by atoms with Crippen molar-refractivity contribution < 1.29 is 9.50 Å². The van der Waals surface area contributed by atoms with E-state index >= 15 is 0 Å². The van der Waals surface area contributed by atoms with Crippen LogP contribution in [0.2, 0.25) is 5.15 Å². The number of aromatic nitrogens is 1. The minimum Gasteiger partial charge on any atom is -0.387 e. The lowest BCUT2D eigenvalue weighted by Gasteiger charge is -2.22. The van der Waals surface area contributed by atoms with E-state index in [4.69, 9.17) is 11.6 Å². The number of hydrogen-bond donors (Lipinski definition) is 1. The van der Waals surface area contributed by atoms with Gasteiger partial charge in [0.2, 0.25) is 0 Å². The first-order valence-corrected chi connectivity index (χ1v) is 7.06. The van der Waals surface area contributed by atoms with Crippen molar-refractivity contribution in [2.75, 3.05) is 13.6 Å². The molecule has 0 aliphatic carbocycles. The molecule has 0 radical (unpaired) electrons. The van der Waals surface area contributed by atoms with Crippen molar-refractivity contribution in [1.29, 1.82) is 0 Å². The van der Waals surface area contributed by atoms with Gasteiger partial charge in [0, 0.05) is 19.3 Å². The predicted octanol–water partition coefficient (Wildman–Crippen LogP) is 3.35. The van der Waals surface area contributed by atoms with Gasteiger partial charge in [0.1, 0.15) is 11.0 Å². The summed E-state index contributed by atoms with van der Waals surface area (Å²) in [6.45, 7) is 2.90. The molecular formula is C16H18ClFN2O. The Kier molecular flexibility index (Phi) is 5.28. The third-order valence-electron chi connectivity index (χ3n) is 3.32. The maximum absolute atomic E-state index is 13.1. The van der Waals surface area contributed by atoms with Crippen LogP contribution in [-0.2, 0) is 6.54 Å². The van der Waals surface area contributed by atoms with E-state index in [-0.39, 0.29) is 5.82 Å². The molecule has 5 heteroatoms. The fourth-order valence-electron chi connectivity index (χ4n) is 2.28. The van der Waals surface area contributed by atoms with Crippen molar-refractivity contribution in [2.24, 2.45) is 0 Å². The smallest absolute Gasteiger partial charge is 0.129 e. The molecule has 21 heavy (non-hydrogen) atoms. The molecule has 0 spiro atoms. The van der Waals surface area contributed by atoms with Crippen molar-refractivity contribution in [1.82, 2.24) is 9.88 Å². The Labute approximate surface area is 129 Å². The molecule has 2 rings (SSSR count). The molecule has 0 aliphatic heterocycles. The molecular weight excluding hydrogens is 291 g/mol. The van der Waals surface area contributed by atoms with Gasteiger partial charge in [-0.2, -0.15) is 0 Å². The molecule has 0 saturated carbocycles. The highest BCUT2D eigenvalue weighted by molar-refractivity contribution is 6.29. The number of nitrogens with zero attached hydrogens (tertiary/aromatic N) is 2. The zero-order valence-corrected chi connectivity index (χ0v) is 12.8. The van der Waals surface area contributed by atoms with Crippen LogP contribution in [0.4, 0.5) is 4.39 Å². The first-order chi connectivity index (χ1) is 9.95. The Hall–Kier alpha value is -1.49. The topological polar surface area (TPSA) is 36.4 Å². The van der Waals surface area contributed by atoms with Gasteiger partial charge >= 0.3 is 0 Å². The van der Waals surface area contributed by atoms with Gasteiger partial charge < -0.3 is 5.11 Å². The average Bonchev–Trinajstić information content (AvgIpc) is 2.41. The van der Waals surface area contributed by atoms with E-state index in [1.807, 2.05) is 18.0 Å². The van der Waals surface area contributed by atoms with E-state index in [0.29, 0.717) is 18.2 Å². The van der Waals surface area contributed by atoms with Gasteiger partial charge in [-0.25, -0.2) is 9.37 Å². The zero-order valence-electron chi connectivity index (χ0n) is 12.1. The van der Waals surface area contributed by atoms with Crippen LogP contribution >= 0.6 is 11.6 Å². The van der Waals surface area contributed by atoms with Crippen LogP contribution in [0.5, 0.6) is 0 Å². The van der Waals surface area contributed by atoms with Crippen molar-refractivity contribution in [3.8, 4) is 0 Å². The standard InChI is InChI=1S/C16H18ClFN2O/c1-11-7-13(18)4-5-14(11)15(21)10-20(2)9-12-3-6-16(17)19-8-12/h3-8,15,21H,9-10H2,1-2H3. The number of likely N-dealkylation sites (N-methyl/N-ethyl adjacent to an activating group) is 1. The highest BCUT2D eigenvalue weighted by Crippen LogP contribution is 2.20. The van der Waals surface area contributed by atoms with Gasteiger partial charge in [-0.1, -0.05) is 23.7 Å². The Bertz CT molecular complexity index is 604. The molecule has 1 aromatic carbocycles. The van der Waals surface area contributed by atoms with Crippen LogP contribution in [-0.4, -0.2) is 28.6 Å². The van der Waals surface area contributed by atoms with Crippen molar-refractivity contribution >= 4 is 11.6 Å². The Morgan fingerprint density at radius 1 is 1.33 bits per heavy atom. The van der Waals surface area contributed by atoms with E-state index in [0.717, 1.165) is 16.7 Å². The first kappa shape index (κ1) is 15.9. The summed E-state index contributed by atoms with van der Waals surface area (Å²) in [6, 6.07) is 8.08. The van der Waals surface area contributed by atoms with Crippen molar-refractivity contribution in [3.63, 3.8) is 0 Å².